The zero-order chi connectivity index (χ0) is 28.5. The number of hydrogen-bond donors (Lipinski definition) is 4. The van der Waals surface area contributed by atoms with Gasteiger partial charge in [0.1, 0.15) is 12.4 Å². The Kier molecular flexibility index (Phi) is 10.2. The van der Waals surface area contributed by atoms with E-state index in [0.29, 0.717) is 5.75 Å². The normalized spacial score (nSPS) is 17.7. The number of carboxylic acid groups (broad SMARTS) is 1. The molecule has 2 aromatic rings. The predicted molar refractivity (Wildman–Crippen MR) is 144 cm³/mol. The molecule has 0 saturated carbocycles. The summed E-state index contributed by atoms with van der Waals surface area (Å²) in [6.45, 7) is -0.0543. The number of sulfonamides is 1. The summed E-state index contributed by atoms with van der Waals surface area (Å²) >= 11 is 0.894. The molecule has 1 aliphatic rings. The maximum atomic E-state index is 13.3. The van der Waals surface area contributed by atoms with Crippen LogP contribution in [0, 0.1) is 0 Å². The van der Waals surface area contributed by atoms with Crippen LogP contribution in [0.1, 0.15) is 17.5 Å². The van der Waals surface area contributed by atoms with Crippen LogP contribution in [0.25, 0.3) is 0 Å². The van der Waals surface area contributed by atoms with E-state index in [9.17, 15) is 23.1 Å². The molecule has 3 rings (SSSR count). The van der Waals surface area contributed by atoms with E-state index in [-0.39, 0.29) is 18.6 Å². The molecule has 39 heavy (non-hydrogen) atoms. The number of benzene rings is 2. The molecule has 4 N–H and O–H groups in total. The molecular formula is C25H31N3O9S2. The number of carbonyl (C=O) groups is 2. The van der Waals surface area contributed by atoms with Crippen molar-refractivity contribution in [1.29, 1.82) is 0 Å². The topological polar surface area (TPSA) is 162 Å². The molecule has 14 heteroatoms. The van der Waals surface area contributed by atoms with Gasteiger partial charge in [-0.3, -0.25) is 0 Å². The van der Waals surface area contributed by atoms with Crippen molar-refractivity contribution in [2.45, 2.75) is 29.9 Å². The second kappa shape index (κ2) is 13.2. The first-order chi connectivity index (χ1) is 18.6. The molecule has 0 saturated heterocycles. The second-order valence-corrected chi connectivity index (χ2v) is 11.3. The largest absolute Gasteiger partial charge is 0.496 e. The fourth-order valence-corrected chi connectivity index (χ4v) is 6.21. The highest BCUT2D eigenvalue weighted by atomic mass is 32.2. The lowest BCUT2D eigenvalue weighted by Gasteiger charge is -2.35. The van der Waals surface area contributed by atoms with Gasteiger partial charge in [-0.15, -0.1) is 0 Å². The van der Waals surface area contributed by atoms with Gasteiger partial charge in [0.15, 0.2) is 0 Å². The number of carbonyl (C=O) groups excluding carboxylic acids is 1. The highest BCUT2D eigenvalue weighted by Gasteiger charge is 2.49. The summed E-state index contributed by atoms with van der Waals surface area (Å²) in [6.07, 6.45) is 0.207. The molecule has 12 nitrogen and oxygen atoms in total. The predicted octanol–water partition coefficient (Wildman–Crippen LogP) is 2.29. The van der Waals surface area contributed by atoms with Gasteiger partial charge in [0.25, 0.3) is 5.91 Å². The quantitative estimate of drug-likeness (QED) is 0.242. The van der Waals surface area contributed by atoms with Crippen molar-refractivity contribution in [1.82, 2.24) is 15.4 Å². The SMILES string of the molecule is COc1ccccc1C(NS(=O)(=O)CC[C@@H](NC(=O)OCc1ccccc1)C1(C(=O)O)NC=CS1)(OC)OC. The van der Waals surface area contributed by atoms with Crippen LogP contribution < -0.4 is 20.1 Å². The number of methoxy groups -OCH3 is 3. The van der Waals surface area contributed by atoms with Crippen molar-refractivity contribution in [3.8, 4) is 5.75 Å². The summed E-state index contributed by atoms with van der Waals surface area (Å²) in [5.41, 5.74) is 0.991. The van der Waals surface area contributed by atoms with Gasteiger partial charge in [0, 0.05) is 20.4 Å². The van der Waals surface area contributed by atoms with E-state index in [4.69, 9.17) is 18.9 Å². The molecule has 0 radical (unpaired) electrons. The average molecular weight is 582 g/mol. The van der Waals surface area contributed by atoms with Crippen molar-refractivity contribution in [2.75, 3.05) is 27.1 Å². The number of hydrogen-bond acceptors (Lipinski definition) is 10. The van der Waals surface area contributed by atoms with Gasteiger partial charge in [-0.1, -0.05) is 54.2 Å². The maximum absolute atomic E-state index is 13.3. The van der Waals surface area contributed by atoms with Gasteiger partial charge in [-0.2, -0.15) is 4.72 Å². The Bertz CT molecular complexity index is 1260. The lowest BCUT2D eigenvalue weighted by Crippen LogP contribution is -2.61. The first-order valence-electron chi connectivity index (χ1n) is 11.7. The second-order valence-electron chi connectivity index (χ2n) is 8.30. The number of ether oxygens (including phenoxy) is 4. The van der Waals surface area contributed by atoms with Gasteiger partial charge < -0.3 is 34.7 Å². The van der Waals surface area contributed by atoms with E-state index >= 15 is 0 Å². The number of para-hydroxylation sites is 1. The van der Waals surface area contributed by atoms with E-state index in [1.54, 1.807) is 48.5 Å². The van der Waals surface area contributed by atoms with Gasteiger partial charge in [-0.05, 0) is 29.5 Å². The van der Waals surface area contributed by atoms with Gasteiger partial charge >= 0.3 is 12.1 Å². The molecular weight excluding hydrogens is 550 g/mol. The van der Waals surface area contributed by atoms with Crippen LogP contribution in [0.2, 0.25) is 0 Å². The molecule has 1 aliphatic heterocycles. The van der Waals surface area contributed by atoms with Crippen LogP contribution in [-0.2, 0) is 41.5 Å². The Morgan fingerprint density at radius 2 is 1.74 bits per heavy atom. The minimum atomic E-state index is -4.20. The van der Waals surface area contributed by atoms with Crippen LogP contribution in [0.4, 0.5) is 4.79 Å². The van der Waals surface area contributed by atoms with Crippen LogP contribution >= 0.6 is 11.8 Å². The number of alkyl carbamates (subject to hydrolysis) is 1. The van der Waals surface area contributed by atoms with Crippen LogP contribution in [0.15, 0.2) is 66.2 Å². The number of carboxylic acids is 1. The lowest BCUT2D eigenvalue weighted by molar-refractivity contribution is -0.224. The Morgan fingerprint density at radius 3 is 2.33 bits per heavy atom. The number of rotatable bonds is 14. The third-order valence-electron chi connectivity index (χ3n) is 5.93. The van der Waals surface area contributed by atoms with E-state index in [0.717, 1.165) is 17.3 Å². The molecule has 1 unspecified atom stereocenters. The Balaban J connectivity index is 1.80. The Labute approximate surface area is 231 Å². The Morgan fingerprint density at radius 1 is 1.08 bits per heavy atom. The van der Waals surface area contributed by atoms with Gasteiger partial charge in [-0.25, -0.2) is 18.0 Å². The molecule has 0 fully saturated rings. The zero-order valence-electron chi connectivity index (χ0n) is 21.6. The third-order valence-corrected chi connectivity index (χ3v) is 8.51. The van der Waals surface area contributed by atoms with Gasteiger partial charge in [0.2, 0.25) is 14.9 Å². The summed E-state index contributed by atoms with van der Waals surface area (Å²) in [5, 5.41) is 16.8. The van der Waals surface area contributed by atoms with Crippen molar-refractivity contribution in [2.24, 2.45) is 0 Å². The summed E-state index contributed by atoms with van der Waals surface area (Å²) in [4.78, 5) is 23.2. The van der Waals surface area contributed by atoms with Gasteiger partial charge in [0.05, 0.1) is 24.5 Å². The fraction of sp³-hybridized carbons (Fsp3) is 0.360. The molecule has 1 heterocycles. The first kappa shape index (κ1) is 30.2. The van der Waals surface area contributed by atoms with Crippen molar-refractivity contribution >= 4 is 33.8 Å². The monoisotopic (exact) mass is 581 g/mol. The summed E-state index contributed by atoms with van der Waals surface area (Å²) in [7, 11) is -0.265. The highest BCUT2D eigenvalue weighted by Crippen LogP contribution is 2.35. The lowest BCUT2D eigenvalue weighted by atomic mass is 10.1. The van der Waals surface area contributed by atoms with Crippen LogP contribution in [-0.4, -0.2) is 63.6 Å². The van der Waals surface area contributed by atoms with Crippen molar-refractivity contribution < 1.29 is 42.1 Å². The van der Waals surface area contributed by atoms with E-state index < -0.39 is 44.7 Å². The van der Waals surface area contributed by atoms with Crippen LogP contribution in [0.5, 0.6) is 5.75 Å². The summed E-state index contributed by atoms with van der Waals surface area (Å²) in [5.74, 6) is -3.52. The minimum Gasteiger partial charge on any atom is -0.496 e. The first-order valence-corrected chi connectivity index (χ1v) is 14.2. The molecule has 2 atom stereocenters. The molecule has 0 bridgehead atoms. The molecule has 1 amide bonds. The van der Waals surface area contributed by atoms with Crippen LogP contribution in [0.3, 0.4) is 0 Å². The molecule has 0 aromatic heterocycles. The number of thioether (sulfide) groups is 1. The molecule has 0 spiro atoms. The minimum absolute atomic E-state index is 0.0543. The molecule has 0 aliphatic carbocycles. The molecule has 212 valence electrons. The standard InChI is InChI=1S/C25H31N3O9S2/c1-34-20-12-8-7-11-19(20)25(35-2,36-3)28-39(32,33)16-13-21(24(22(29)30)26-14-15-38-24)27-23(31)37-17-18-9-5-4-6-10-18/h4-12,14-15,21,26,28H,13,16-17H2,1-3H3,(H,27,31)(H,29,30)/t21-,24?/m1/s1. The smallest absolute Gasteiger partial charge is 0.407 e. The maximum Gasteiger partial charge on any atom is 0.407 e. The van der Waals surface area contributed by atoms with Crippen molar-refractivity contribution in [3.63, 3.8) is 0 Å². The van der Waals surface area contributed by atoms with E-state index in [1.165, 1.54) is 32.9 Å². The number of nitrogens with one attached hydrogen (secondary N) is 3. The average Bonchev–Trinajstić information content (AvgIpc) is 3.45. The fourth-order valence-electron chi connectivity index (χ4n) is 3.95. The zero-order valence-corrected chi connectivity index (χ0v) is 23.2. The summed E-state index contributed by atoms with van der Waals surface area (Å²) in [6, 6.07) is 14.3. The van der Waals surface area contributed by atoms with Crippen molar-refractivity contribution in [3.05, 3.63) is 77.3 Å². The van der Waals surface area contributed by atoms with E-state index in [1.807, 2.05) is 6.07 Å². The number of aliphatic carboxylic acids is 1. The number of amides is 1. The highest BCUT2D eigenvalue weighted by molar-refractivity contribution is 8.04. The summed E-state index contributed by atoms with van der Waals surface area (Å²) < 4.78 is 50.5. The molecule has 2 aromatic carbocycles. The Hall–Kier alpha value is -3.30. The third kappa shape index (κ3) is 7.22. The van der Waals surface area contributed by atoms with E-state index in [2.05, 4.69) is 15.4 Å².